The minimum absolute atomic E-state index is 0.0565. The maximum atomic E-state index is 12.5. The van der Waals surface area contributed by atoms with Crippen LogP contribution in [0.2, 0.25) is 0 Å². The standard InChI is InChI=1S/C21H35N3O2/c1-7-12-24(13-10-16(8-2)20(25)26-21(4,5)6)17-9-11-22-19-18(17)15(3)14-23-19/h9,11,15-16H,7-8,10,12-14H2,1-6H3,(H,22,23). The smallest absolute Gasteiger partial charge is 0.309 e. The van der Waals surface area contributed by atoms with E-state index in [1.807, 2.05) is 27.0 Å². The summed E-state index contributed by atoms with van der Waals surface area (Å²) < 4.78 is 5.60. The minimum Gasteiger partial charge on any atom is -0.460 e. The van der Waals surface area contributed by atoms with E-state index in [9.17, 15) is 4.79 Å². The molecule has 5 nitrogen and oxygen atoms in total. The molecule has 1 aromatic heterocycles. The van der Waals surface area contributed by atoms with E-state index in [1.165, 1.54) is 11.3 Å². The van der Waals surface area contributed by atoms with Crippen molar-refractivity contribution in [2.75, 3.05) is 29.9 Å². The van der Waals surface area contributed by atoms with Crippen LogP contribution in [0.1, 0.15) is 72.3 Å². The highest BCUT2D eigenvalue weighted by Crippen LogP contribution is 2.37. The number of rotatable bonds is 8. The summed E-state index contributed by atoms with van der Waals surface area (Å²) in [6, 6.07) is 2.12. The van der Waals surface area contributed by atoms with Gasteiger partial charge in [0, 0.05) is 43.0 Å². The third kappa shape index (κ3) is 5.12. The number of aromatic nitrogens is 1. The van der Waals surface area contributed by atoms with Crippen LogP contribution < -0.4 is 10.2 Å². The van der Waals surface area contributed by atoms with Gasteiger partial charge in [-0.25, -0.2) is 4.98 Å². The molecule has 1 aliphatic rings. The Morgan fingerprint density at radius 2 is 2.12 bits per heavy atom. The Bertz CT molecular complexity index is 610. The number of fused-ring (bicyclic) bond motifs is 1. The summed E-state index contributed by atoms with van der Waals surface area (Å²) in [7, 11) is 0. The molecule has 5 heteroatoms. The predicted octanol–water partition coefficient (Wildman–Crippen LogP) is 4.59. The van der Waals surface area contributed by atoms with Gasteiger partial charge in [0.1, 0.15) is 11.4 Å². The van der Waals surface area contributed by atoms with Crippen molar-refractivity contribution in [3.8, 4) is 0 Å². The quantitative estimate of drug-likeness (QED) is 0.687. The molecule has 2 atom stereocenters. The number of nitrogens with one attached hydrogen (secondary N) is 1. The molecule has 0 bridgehead atoms. The van der Waals surface area contributed by atoms with Gasteiger partial charge in [-0.2, -0.15) is 0 Å². The molecular formula is C21H35N3O2. The van der Waals surface area contributed by atoms with Crippen molar-refractivity contribution >= 4 is 17.5 Å². The average molecular weight is 362 g/mol. The van der Waals surface area contributed by atoms with Crippen molar-refractivity contribution in [1.29, 1.82) is 0 Å². The maximum absolute atomic E-state index is 12.5. The number of nitrogens with zero attached hydrogens (tertiary/aromatic N) is 2. The summed E-state index contributed by atoms with van der Waals surface area (Å²) in [6.07, 6.45) is 4.57. The third-order valence-electron chi connectivity index (χ3n) is 4.85. The first-order valence-corrected chi connectivity index (χ1v) is 9.97. The van der Waals surface area contributed by atoms with Crippen LogP contribution in [-0.2, 0) is 9.53 Å². The number of ether oxygens (including phenoxy) is 1. The van der Waals surface area contributed by atoms with Crippen LogP contribution in [0.15, 0.2) is 12.3 Å². The highest BCUT2D eigenvalue weighted by molar-refractivity contribution is 5.73. The van der Waals surface area contributed by atoms with E-state index in [-0.39, 0.29) is 11.9 Å². The van der Waals surface area contributed by atoms with E-state index in [0.29, 0.717) is 5.92 Å². The van der Waals surface area contributed by atoms with Crippen LogP contribution >= 0.6 is 0 Å². The summed E-state index contributed by atoms with van der Waals surface area (Å²) in [5.74, 6) is 1.33. The Kier molecular flexibility index (Phi) is 6.90. The SMILES string of the molecule is CCCN(CCC(CC)C(=O)OC(C)(C)C)c1ccnc2c1C(C)CN2. The second-order valence-corrected chi connectivity index (χ2v) is 8.29. The zero-order valence-corrected chi connectivity index (χ0v) is 17.3. The lowest BCUT2D eigenvalue weighted by Gasteiger charge is -2.29. The average Bonchev–Trinajstić information content (AvgIpc) is 2.94. The number of hydrogen-bond acceptors (Lipinski definition) is 5. The molecule has 2 unspecified atom stereocenters. The fourth-order valence-corrected chi connectivity index (χ4v) is 3.53. The summed E-state index contributed by atoms with van der Waals surface area (Å²) in [5, 5.41) is 3.40. The first kappa shape index (κ1) is 20.5. The van der Waals surface area contributed by atoms with E-state index in [1.54, 1.807) is 0 Å². The van der Waals surface area contributed by atoms with Crippen molar-refractivity contribution in [3.05, 3.63) is 17.8 Å². The van der Waals surface area contributed by atoms with E-state index >= 15 is 0 Å². The van der Waals surface area contributed by atoms with Crippen LogP contribution in [-0.4, -0.2) is 36.2 Å². The fourth-order valence-electron chi connectivity index (χ4n) is 3.53. The Balaban J connectivity index is 2.12. The molecular weight excluding hydrogens is 326 g/mol. The van der Waals surface area contributed by atoms with E-state index in [2.05, 4.69) is 42.0 Å². The van der Waals surface area contributed by atoms with Crippen molar-refractivity contribution in [2.24, 2.45) is 5.92 Å². The van der Waals surface area contributed by atoms with Crippen molar-refractivity contribution in [3.63, 3.8) is 0 Å². The van der Waals surface area contributed by atoms with Gasteiger partial charge in [-0.15, -0.1) is 0 Å². The molecule has 0 aromatic carbocycles. The molecule has 0 aliphatic carbocycles. The van der Waals surface area contributed by atoms with Crippen molar-refractivity contribution in [1.82, 2.24) is 4.98 Å². The molecule has 26 heavy (non-hydrogen) atoms. The van der Waals surface area contributed by atoms with Gasteiger partial charge in [0.05, 0.1) is 5.92 Å². The topological polar surface area (TPSA) is 54.5 Å². The third-order valence-corrected chi connectivity index (χ3v) is 4.85. The van der Waals surface area contributed by atoms with Crippen molar-refractivity contribution in [2.45, 2.75) is 72.3 Å². The molecule has 0 spiro atoms. The van der Waals surface area contributed by atoms with Gasteiger partial charge in [-0.1, -0.05) is 20.8 Å². The summed E-state index contributed by atoms with van der Waals surface area (Å²) in [5.41, 5.74) is 2.14. The molecule has 1 N–H and O–H groups in total. The lowest BCUT2D eigenvalue weighted by atomic mass is 9.99. The largest absolute Gasteiger partial charge is 0.460 e. The Morgan fingerprint density at radius 1 is 1.38 bits per heavy atom. The molecule has 2 rings (SSSR count). The maximum Gasteiger partial charge on any atom is 0.309 e. The van der Waals surface area contributed by atoms with Gasteiger partial charge < -0.3 is 15.0 Å². The zero-order chi connectivity index (χ0) is 19.3. The highest BCUT2D eigenvalue weighted by Gasteiger charge is 2.27. The molecule has 146 valence electrons. The number of esters is 1. The Labute approximate surface area is 158 Å². The van der Waals surface area contributed by atoms with Gasteiger partial charge in [0.15, 0.2) is 0 Å². The van der Waals surface area contributed by atoms with Crippen LogP contribution in [0.3, 0.4) is 0 Å². The second kappa shape index (κ2) is 8.74. The van der Waals surface area contributed by atoms with Crippen LogP contribution in [0.4, 0.5) is 11.5 Å². The number of anilines is 2. The normalized spacial score (nSPS) is 17.4. The van der Waals surface area contributed by atoms with Crippen LogP contribution in [0.25, 0.3) is 0 Å². The minimum atomic E-state index is -0.430. The van der Waals surface area contributed by atoms with E-state index in [4.69, 9.17) is 4.74 Å². The number of carbonyl (C=O) groups is 1. The highest BCUT2D eigenvalue weighted by atomic mass is 16.6. The van der Waals surface area contributed by atoms with Gasteiger partial charge >= 0.3 is 5.97 Å². The number of hydrogen-bond donors (Lipinski definition) is 1. The lowest BCUT2D eigenvalue weighted by Crippen LogP contribution is -2.32. The lowest BCUT2D eigenvalue weighted by molar-refractivity contribution is -0.160. The zero-order valence-electron chi connectivity index (χ0n) is 17.3. The predicted molar refractivity (Wildman–Crippen MR) is 108 cm³/mol. The summed E-state index contributed by atoms with van der Waals surface area (Å²) >= 11 is 0. The molecule has 0 radical (unpaired) electrons. The monoisotopic (exact) mass is 361 g/mol. The van der Waals surface area contributed by atoms with Crippen LogP contribution in [0, 0.1) is 5.92 Å². The Morgan fingerprint density at radius 3 is 2.73 bits per heavy atom. The van der Waals surface area contributed by atoms with Gasteiger partial charge in [0.2, 0.25) is 0 Å². The second-order valence-electron chi connectivity index (χ2n) is 8.29. The van der Waals surface area contributed by atoms with Gasteiger partial charge in [-0.05, 0) is 46.1 Å². The Hall–Kier alpha value is -1.78. The molecule has 0 saturated carbocycles. The molecule has 1 aromatic rings. The molecule has 0 fully saturated rings. The van der Waals surface area contributed by atoms with Gasteiger partial charge in [-0.3, -0.25) is 4.79 Å². The van der Waals surface area contributed by atoms with Crippen molar-refractivity contribution < 1.29 is 9.53 Å². The number of carbonyl (C=O) groups excluding carboxylic acids is 1. The molecule has 2 heterocycles. The first-order chi connectivity index (χ1) is 12.3. The molecule has 1 aliphatic heterocycles. The fraction of sp³-hybridized carbons (Fsp3) is 0.714. The number of pyridine rings is 1. The molecule has 0 amide bonds. The summed E-state index contributed by atoms with van der Waals surface area (Å²) in [6.45, 7) is 15.1. The van der Waals surface area contributed by atoms with E-state index in [0.717, 1.165) is 44.7 Å². The summed E-state index contributed by atoms with van der Waals surface area (Å²) in [4.78, 5) is 19.4. The van der Waals surface area contributed by atoms with E-state index < -0.39 is 5.60 Å². The first-order valence-electron chi connectivity index (χ1n) is 9.97. The van der Waals surface area contributed by atoms with Gasteiger partial charge in [0.25, 0.3) is 0 Å². The molecule has 0 saturated heterocycles. The van der Waals surface area contributed by atoms with Crippen LogP contribution in [0.5, 0.6) is 0 Å².